The molecule has 0 spiro atoms. The number of carbonyl (C=O) groups excluding carboxylic acids is 2. The molecule has 8 nitrogen and oxygen atoms in total. The summed E-state index contributed by atoms with van der Waals surface area (Å²) in [6, 6.07) is 6.65. The quantitative estimate of drug-likeness (QED) is 0.835. The summed E-state index contributed by atoms with van der Waals surface area (Å²) in [6.07, 6.45) is 4.50. The molecule has 3 heterocycles. The first-order valence-electron chi connectivity index (χ1n) is 6.43. The molecule has 0 atom stereocenters. The van der Waals surface area contributed by atoms with Crippen LogP contribution in [-0.2, 0) is 9.63 Å². The Hall–Kier alpha value is -3.29. The molecule has 8 heteroatoms. The van der Waals surface area contributed by atoms with Gasteiger partial charge in [0.15, 0.2) is 11.6 Å². The summed E-state index contributed by atoms with van der Waals surface area (Å²) in [5.74, 6) is -0.120. The standard InChI is InChI=1S/C14H11N5O3/c20-12-4-6-15-10-7-9(8-17-13(10)18-12)14(21)22-19-11-3-1-2-5-16-11/h1-3,5-8H,4H2,(H,16,19)(H,17,18,20). The van der Waals surface area contributed by atoms with Crippen LogP contribution in [0.3, 0.4) is 0 Å². The molecule has 0 unspecified atom stereocenters. The van der Waals surface area contributed by atoms with Crippen molar-refractivity contribution in [2.24, 2.45) is 4.99 Å². The molecule has 0 radical (unpaired) electrons. The van der Waals surface area contributed by atoms with E-state index in [-0.39, 0.29) is 17.9 Å². The third-order valence-corrected chi connectivity index (χ3v) is 2.78. The van der Waals surface area contributed by atoms with Crippen LogP contribution in [0.15, 0.2) is 41.7 Å². The minimum atomic E-state index is -0.633. The summed E-state index contributed by atoms with van der Waals surface area (Å²) in [7, 11) is 0. The average molecular weight is 297 g/mol. The lowest BCUT2D eigenvalue weighted by molar-refractivity contribution is -0.115. The molecule has 22 heavy (non-hydrogen) atoms. The highest BCUT2D eigenvalue weighted by molar-refractivity contribution is 6.03. The summed E-state index contributed by atoms with van der Waals surface area (Å²) < 4.78 is 0. The van der Waals surface area contributed by atoms with E-state index >= 15 is 0 Å². The van der Waals surface area contributed by atoms with E-state index in [9.17, 15) is 9.59 Å². The van der Waals surface area contributed by atoms with E-state index < -0.39 is 5.97 Å². The van der Waals surface area contributed by atoms with Crippen LogP contribution in [0.25, 0.3) is 0 Å². The van der Waals surface area contributed by atoms with Gasteiger partial charge in [0, 0.05) is 18.6 Å². The maximum Gasteiger partial charge on any atom is 0.364 e. The van der Waals surface area contributed by atoms with E-state index in [0.29, 0.717) is 17.3 Å². The number of amides is 1. The number of aromatic nitrogens is 2. The summed E-state index contributed by atoms with van der Waals surface area (Å²) in [5, 5.41) is 2.59. The zero-order chi connectivity index (χ0) is 15.4. The lowest BCUT2D eigenvalue weighted by Crippen LogP contribution is -2.13. The number of aliphatic imine (C=N–C) groups is 1. The number of carbonyl (C=O) groups is 2. The number of pyridine rings is 2. The Kier molecular flexibility index (Phi) is 3.73. The van der Waals surface area contributed by atoms with Crippen molar-refractivity contribution in [2.75, 3.05) is 10.8 Å². The average Bonchev–Trinajstić information content (AvgIpc) is 2.73. The van der Waals surface area contributed by atoms with Gasteiger partial charge >= 0.3 is 5.97 Å². The van der Waals surface area contributed by atoms with Gasteiger partial charge in [0.1, 0.15) is 5.69 Å². The summed E-state index contributed by atoms with van der Waals surface area (Å²) in [5.41, 5.74) is 3.05. The number of anilines is 2. The van der Waals surface area contributed by atoms with Gasteiger partial charge in [0.05, 0.1) is 12.0 Å². The van der Waals surface area contributed by atoms with E-state index in [2.05, 4.69) is 25.8 Å². The number of hydrogen-bond donors (Lipinski definition) is 2. The summed E-state index contributed by atoms with van der Waals surface area (Å²) in [4.78, 5) is 40.3. The maximum absolute atomic E-state index is 12.0. The highest BCUT2D eigenvalue weighted by Gasteiger charge is 2.15. The van der Waals surface area contributed by atoms with Gasteiger partial charge in [-0.3, -0.25) is 9.79 Å². The minimum absolute atomic E-state index is 0.164. The summed E-state index contributed by atoms with van der Waals surface area (Å²) >= 11 is 0. The molecule has 1 aliphatic rings. The molecule has 110 valence electrons. The highest BCUT2D eigenvalue weighted by Crippen LogP contribution is 2.25. The molecule has 0 saturated carbocycles. The van der Waals surface area contributed by atoms with Crippen molar-refractivity contribution in [1.82, 2.24) is 9.97 Å². The molecular formula is C14H11N5O3. The number of nitrogens with one attached hydrogen (secondary N) is 2. The molecular weight excluding hydrogens is 286 g/mol. The van der Waals surface area contributed by atoms with E-state index in [1.807, 2.05) is 0 Å². The van der Waals surface area contributed by atoms with Crippen molar-refractivity contribution < 1.29 is 14.4 Å². The topological polar surface area (TPSA) is 106 Å². The first-order chi connectivity index (χ1) is 10.7. The zero-order valence-corrected chi connectivity index (χ0v) is 11.3. The van der Waals surface area contributed by atoms with Crippen LogP contribution in [0, 0.1) is 0 Å². The van der Waals surface area contributed by atoms with Crippen LogP contribution in [-0.4, -0.2) is 28.1 Å². The third kappa shape index (κ3) is 3.06. The molecule has 0 aliphatic carbocycles. The van der Waals surface area contributed by atoms with Crippen molar-refractivity contribution in [2.45, 2.75) is 6.42 Å². The van der Waals surface area contributed by atoms with Crippen LogP contribution in [0.4, 0.5) is 17.3 Å². The molecule has 2 aromatic heterocycles. The molecule has 0 fully saturated rings. The molecule has 1 aliphatic heterocycles. The first-order valence-corrected chi connectivity index (χ1v) is 6.43. The van der Waals surface area contributed by atoms with Gasteiger partial charge < -0.3 is 10.2 Å². The Bertz CT molecular complexity index is 745. The number of hydrogen-bond acceptors (Lipinski definition) is 7. The molecule has 1 amide bonds. The van der Waals surface area contributed by atoms with E-state index in [0.717, 1.165) is 0 Å². The van der Waals surface area contributed by atoms with Crippen molar-refractivity contribution in [3.05, 3.63) is 42.2 Å². The van der Waals surface area contributed by atoms with E-state index in [4.69, 9.17) is 4.84 Å². The predicted molar refractivity (Wildman–Crippen MR) is 78.9 cm³/mol. The molecule has 0 saturated heterocycles. The van der Waals surface area contributed by atoms with Gasteiger partial charge in [-0.15, -0.1) is 0 Å². The van der Waals surface area contributed by atoms with Crippen molar-refractivity contribution in [3.63, 3.8) is 0 Å². The van der Waals surface area contributed by atoms with Gasteiger partial charge in [-0.25, -0.2) is 20.2 Å². The third-order valence-electron chi connectivity index (χ3n) is 2.78. The van der Waals surface area contributed by atoms with Crippen LogP contribution in [0.2, 0.25) is 0 Å². The second-order valence-corrected chi connectivity index (χ2v) is 4.36. The Morgan fingerprint density at radius 3 is 3.05 bits per heavy atom. The Labute approximate surface area is 125 Å². The number of rotatable bonds is 3. The maximum atomic E-state index is 12.0. The van der Waals surface area contributed by atoms with E-state index in [1.54, 1.807) is 24.4 Å². The second kappa shape index (κ2) is 6.00. The monoisotopic (exact) mass is 297 g/mol. The molecule has 0 aromatic carbocycles. The molecule has 2 aromatic rings. The Morgan fingerprint density at radius 2 is 2.23 bits per heavy atom. The van der Waals surface area contributed by atoms with Gasteiger partial charge in [0.2, 0.25) is 5.91 Å². The number of fused-ring (bicyclic) bond motifs is 1. The van der Waals surface area contributed by atoms with Crippen molar-refractivity contribution in [3.8, 4) is 0 Å². The Balaban J connectivity index is 1.73. The van der Waals surface area contributed by atoms with Gasteiger partial charge in [0.25, 0.3) is 0 Å². The fraction of sp³-hybridized carbons (Fsp3) is 0.0714. The van der Waals surface area contributed by atoms with Gasteiger partial charge in [-0.05, 0) is 18.2 Å². The van der Waals surface area contributed by atoms with Gasteiger partial charge in [-0.1, -0.05) is 6.07 Å². The fourth-order valence-corrected chi connectivity index (χ4v) is 1.75. The molecule has 0 bridgehead atoms. The van der Waals surface area contributed by atoms with Gasteiger partial charge in [-0.2, -0.15) is 0 Å². The predicted octanol–water partition coefficient (Wildman–Crippen LogP) is 1.70. The normalized spacial score (nSPS) is 12.8. The summed E-state index contributed by atoms with van der Waals surface area (Å²) in [6.45, 7) is 0. The molecule has 2 N–H and O–H groups in total. The highest BCUT2D eigenvalue weighted by atomic mass is 16.7. The Morgan fingerprint density at radius 1 is 1.32 bits per heavy atom. The van der Waals surface area contributed by atoms with Crippen molar-refractivity contribution >= 4 is 35.4 Å². The van der Waals surface area contributed by atoms with Crippen LogP contribution in [0.1, 0.15) is 16.8 Å². The molecule has 3 rings (SSSR count). The fourth-order valence-electron chi connectivity index (χ4n) is 1.75. The minimum Gasteiger partial charge on any atom is -0.336 e. The lowest BCUT2D eigenvalue weighted by atomic mass is 10.2. The largest absolute Gasteiger partial charge is 0.364 e. The van der Waals surface area contributed by atoms with Crippen LogP contribution >= 0.6 is 0 Å². The zero-order valence-electron chi connectivity index (χ0n) is 11.3. The number of nitrogens with zero attached hydrogens (tertiary/aromatic N) is 3. The second-order valence-electron chi connectivity index (χ2n) is 4.36. The lowest BCUT2D eigenvalue weighted by Gasteiger charge is -2.07. The van der Waals surface area contributed by atoms with E-state index in [1.165, 1.54) is 18.5 Å². The van der Waals surface area contributed by atoms with Crippen LogP contribution in [0.5, 0.6) is 0 Å². The SMILES string of the molecule is O=C1CC=Nc2cc(C(=O)ONc3ccccn3)cnc2N1. The van der Waals surface area contributed by atoms with Crippen molar-refractivity contribution in [1.29, 1.82) is 0 Å². The smallest absolute Gasteiger partial charge is 0.336 e. The first kappa shape index (κ1) is 13.7. The van der Waals surface area contributed by atoms with Crippen LogP contribution < -0.4 is 10.8 Å².